The molecule has 1 aromatic heterocycles. The van der Waals surface area contributed by atoms with Gasteiger partial charge in [0, 0.05) is 50.2 Å². The maximum Gasteiger partial charge on any atom is 0.336 e. The van der Waals surface area contributed by atoms with Crippen molar-refractivity contribution in [3.63, 3.8) is 0 Å². The summed E-state index contributed by atoms with van der Waals surface area (Å²) >= 11 is 0. The molecule has 1 N–H and O–H groups in total. The van der Waals surface area contributed by atoms with E-state index in [-0.39, 0.29) is 19.1 Å². The van der Waals surface area contributed by atoms with E-state index in [0.29, 0.717) is 31.0 Å². The quantitative estimate of drug-likeness (QED) is 0.794. The summed E-state index contributed by atoms with van der Waals surface area (Å²) < 4.78 is 10.6. The first-order valence-corrected chi connectivity index (χ1v) is 7.93. The Morgan fingerprint density at radius 1 is 1.17 bits per heavy atom. The number of ether oxygens (including phenoxy) is 1. The fourth-order valence-corrected chi connectivity index (χ4v) is 2.73. The highest BCUT2D eigenvalue weighted by Crippen LogP contribution is 2.19. The lowest BCUT2D eigenvalue weighted by Crippen LogP contribution is -2.50. The Morgan fingerprint density at radius 3 is 2.67 bits per heavy atom. The van der Waals surface area contributed by atoms with Crippen LogP contribution in [-0.2, 0) is 4.79 Å². The Bertz CT molecular complexity index is 765. The maximum absolute atomic E-state index is 12.2. The van der Waals surface area contributed by atoms with Crippen molar-refractivity contribution >= 4 is 16.9 Å². The normalized spacial score (nSPS) is 15.6. The highest BCUT2D eigenvalue weighted by Gasteiger charge is 2.20. The van der Waals surface area contributed by atoms with E-state index in [1.807, 2.05) is 0 Å². The van der Waals surface area contributed by atoms with Gasteiger partial charge in [-0.2, -0.15) is 0 Å². The van der Waals surface area contributed by atoms with E-state index in [9.17, 15) is 9.59 Å². The van der Waals surface area contributed by atoms with Crippen LogP contribution in [0.1, 0.15) is 0 Å². The van der Waals surface area contributed by atoms with Gasteiger partial charge in [0.25, 0.3) is 5.91 Å². The summed E-state index contributed by atoms with van der Waals surface area (Å²) in [5, 5.41) is 9.73. The lowest BCUT2D eigenvalue weighted by Gasteiger charge is -2.34. The average molecular weight is 332 g/mol. The van der Waals surface area contributed by atoms with Gasteiger partial charge >= 0.3 is 5.63 Å². The van der Waals surface area contributed by atoms with Crippen LogP contribution in [0.15, 0.2) is 39.5 Å². The summed E-state index contributed by atoms with van der Waals surface area (Å²) in [6, 6.07) is 8.19. The Labute approximate surface area is 139 Å². The average Bonchev–Trinajstić information content (AvgIpc) is 2.60. The second-order valence-corrected chi connectivity index (χ2v) is 5.69. The van der Waals surface area contributed by atoms with Crippen LogP contribution >= 0.6 is 0 Å². The van der Waals surface area contributed by atoms with Crippen LogP contribution in [0.5, 0.6) is 5.75 Å². The molecule has 0 radical (unpaired) electrons. The van der Waals surface area contributed by atoms with Crippen LogP contribution in [0.2, 0.25) is 0 Å². The van der Waals surface area contributed by atoms with Gasteiger partial charge in [0.2, 0.25) is 0 Å². The highest BCUT2D eigenvalue weighted by molar-refractivity contribution is 5.79. The van der Waals surface area contributed by atoms with Gasteiger partial charge in [-0.25, -0.2) is 4.79 Å². The smallest absolute Gasteiger partial charge is 0.336 e. The van der Waals surface area contributed by atoms with Gasteiger partial charge in [0.15, 0.2) is 6.61 Å². The van der Waals surface area contributed by atoms with Crippen molar-refractivity contribution in [2.45, 2.75) is 0 Å². The summed E-state index contributed by atoms with van der Waals surface area (Å²) in [5.41, 5.74) is 0.0153. The number of fused-ring (bicyclic) bond motifs is 1. The molecule has 2 heterocycles. The summed E-state index contributed by atoms with van der Waals surface area (Å²) in [6.07, 6.45) is 0. The minimum Gasteiger partial charge on any atom is -0.484 e. The van der Waals surface area contributed by atoms with Gasteiger partial charge in [0.05, 0.1) is 6.61 Å². The summed E-state index contributed by atoms with van der Waals surface area (Å²) in [4.78, 5) is 27.3. The molecule has 0 saturated carbocycles. The van der Waals surface area contributed by atoms with E-state index in [0.717, 1.165) is 18.5 Å². The number of hydrogen-bond donors (Lipinski definition) is 1. The van der Waals surface area contributed by atoms with Crippen LogP contribution in [0.4, 0.5) is 0 Å². The Hall–Kier alpha value is -2.38. The number of piperazine rings is 1. The molecular formula is C17H20N2O5. The molecule has 24 heavy (non-hydrogen) atoms. The number of β-amino-alcohol motifs (C(OH)–C–C–N with tert-alkyl or cyclic N) is 1. The molecule has 1 aromatic carbocycles. The number of carbonyl (C=O) groups is 1. The van der Waals surface area contributed by atoms with E-state index in [1.165, 1.54) is 6.07 Å². The molecule has 0 unspecified atom stereocenters. The predicted octanol–water partition coefficient (Wildman–Crippen LogP) is 0.308. The Morgan fingerprint density at radius 2 is 1.92 bits per heavy atom. The largest absolute Gasteiger partial charge is 0.484 e. The zero-order chi connectivity index (χ0) is 16.9. The van der Waals surface area contributed by atoms with Gasteiger partial charge in [-0.3, -0.25) is 9.69 Å². The fraction of sp³-hybridized carbons (Fsp3) is 0.412. The standard InChI is InChI=1S/C17H20N2O5/c20-10-9-18-5-7-19(8-6-18)16(21)12-23-14-3-1-13-2-4-17(22)24-15(13)11-14/h1-4,11,20H,5-10,12H2. The number of aliphatic hydroxyl groups excluding tert-OH is 1. The van der Waals surface area contributed by atoms with Crippen LogP contribution in [0.3, 0.4) is 0 Å². The Balaban J connectivity index is 1.55. The van der Waals surface area contributed by atoms with Gasteiger partial charge in [-0.1, -0.05) is 0 Å². The molecular weight excluding hydrogens is 312 g/mol. The lowest BCUT2D eigenvalue weighted by atomic mass is 10.2. The molecule has 1 amide bonds. The fourth-order valence-electron chi connectivity index (χ4n) is 2.73. The number of benzene rings is 1. The van der Waals surface area contributed by atoms with E-state index < -0.39 is 5.63 Å². The number of aliphatic hydroxyl groups is 1. The third-order valence-corrected chi connectivity index (χ3v) is 4.10. The van der Waals surface area contributed by atoms with Crippen LogP contribution in [0, 0.1) is 0 Å². The second kappa shape index (κ2) is 7.46. The van der Waals surface area contributed by atoms with E-state index in [1.54, 1.807) is 29.2 Å². The van der Waals surface area contributed by atoms with Crippen LogP contribution in [-0.4, -0.2) is 66.8 Å². The first-order chi connectivity index (χ1) is 11.7. The number of rotatable bonds is 5. The molecule has 0 atom stereocenters. The molecule has 1 fully saturated rings. The van der Waals surface area contributed by atoms with Crippen molar-refractivity contribution in [2.75, 3.05) is 45.9 Å². The molecule has 128 valence electrons. The van der Waals surface area contributed by atoms with E-state index in [4.69, 9.17) is 14.3 Å². The summed E-state index contributed by atoms with van der Waals surface area (Å²) in [5.74, 6) is 0.414. The molecule has 7 nitrogen and oxygen atoms in total. The molecule has 1 aliphatic rings. The van der Waals surface area contributed by atoms with E-state index >= 15 is 0 Å². The zero-order valence-electron chi connectivity index (χ0n) is 13.3. The minimum atomic E-state index is -0.420. The Kier molecular flexibility index (Phi) is 5.12. The second-order valence-electron chi connectivity index (χ2n) is 5.69. The number of amides is 1. The van der Waals surface area contributed by atoms with Crippen molar-refractivity contribution in [1.29, 1.82) is 0 Å². The summed E-state index contributed by atoms with van der Waals surface area (Å²) in [7, 11) is 0. The number of carbonyl (C=O) groups excluding carboxylic acids is 1. The van der Waals surface area contributed by atoms with Crippen molar-refractivity contribution in [3.05, 3.63) is 40.8 Å². The van der Waals surface area contributed by atoms with Crippen molar-refractivity contribution in [2.24, 2.45) is 0 Å². The molecule has 0 spiro atoms. The first kappa shape index (κ1) is 16.5. The third kappa shape index (κ3) is 3.93. The topological polar surface area (TPSA) is 83.2 Å². The first-order valence-electron chi connectivity index (χ1n) is 7.93. The summed E-state index contributed by atoms with van der Waals surface area (Å²) in [6.45, 7) is 3.50. The molecule has 0 aliphatic carbocycles. The highest BCUT2D eigenvalue weighted by atomic mass is 16.5. The van der Waals surface area contributed by atoms with Gasteiger partial charge in [0.1, 0.15) is 11.3 Å². The molecule has 0 bridgehead atoms. The molecule has 7 heteroatoms. The monoisotopic (exact) mass is 332 g/mol. The van der Waals surface area contributed by atoms with Crippen molar-refractivity contribution in [3.8, 4) is 5.75 Å². The number of nitrogens with zero attached hydrogens (tertiary/aromatic N) is 2. The SMILES string of the molecule is O=C(COc1ccc2ccc(=O)oc2c1)N1CCN(CCO)CC1. The van der Waals surface area contributed by atoms with E-state index in [2.05, 4.69) is 4.90 Å². The predicted molar refractivity (Wildman–Crippen MR) is 88.1 cm³/mol. The number of hydrogen-bond acceptors (Lipinski definition) is 6. The molecule has 1 aliphatic heterocycles. The third-order valence-electron chi connectivity index (χ3n) is 4.10. The van der Waals surface area contributed by atoms with Gasteiger partial charge in [-0.15, -0.1) is 0 Å². The van der Waals surface area contributed by atoms with Crippen molar-refractivity contribution in [1.82, 2.24) is 9.80 Å². The van der Waals surface area contributed by atoms with Crippen LogP contribution < -0.4 is 10.4 Å². The van der Waals surface area contributed by atoms with Gasteiger partial charge in [-0.05, 0) is 18.2 Å². The maximum atomic E-state index is 12.2. The van der Waals surface area contributed by atoms with Crippen molar-refractivity contribution < 1.29 is 19.1 Å². The molecule has 2 aromatic rings. The minimum absolute atomic E-state index is 0.0530. The molecule has 1 saturated heterocycles. The zero-order valence-corrected chi connectivity index (χ0v) is 13.3. The van der Waals surface area contributed by atoms with Gasteiger partial charge < -0.3 is 19.2 Å². The molecule has 3 rings (SSSR count). The lowest BCUT2D eigenvalue weighted by molar-refractivity contribution is -0.135. The van der Waals surface area contributed by atoms with Crippen LogP contribution in [0.25, 0.3) is 11.0 Å².